The Hall–Kier alpha value is -2.76. The minimum Gasteiger partial charge on any atom is -0.501 e. The van der Waals surface area contributed by atoms with Crippen molar-refractivity contribution in [3.05, 3.63) is 62.0 Å². The largest absolute Gasteiger partial charge is 0.501 e. The van der Waals surface area contributed by atoms with E-state index in [4.69, 9.17) is 9.47 Å². The molecule has 0 bridgehead atoms. The standard InChI is InChI=1S/C18H22N2O4/c1-5-23-9-8-13-6-7-14(12(4)10-13)24-17-15(11(2)3)16(21)19-18(22)20-17/h6-11H,5H2,1-4H3,(H2,19,20,21,22)/b9-8+. The maximum Gasteiger partial charge on any atom is 0.328 e. The van der Waals surface area contributed by atoms with E-state index in [9.17, 15) is 9.59 Å². The molecular weight excluding hydrogens is 308 g/mol. The molecule has 0 fully saturated rings. The highest BCUT2D eigenvalue weighted by molar-refractivity contribution is 5.53. The molecule has 24 heavy (non-hydrogen) atoms. The molecule has 0 aliphatic heterocycles. The summed E-state index contributed by atoms with van der Waals surface area (Å²) in [4.78, 5) is 28.3. The summed E-state index contributed by atoms with van der Waals surface area (Å²) >= 11 is 0. The Labute approximate surface area is 140 Å². The van der Waals surface area contributed by atoms with Gasteiger partial charge in [-0.15, -0.1) is 0 Å². The number of hydrogen-bond donors (Lipinski definition) is 2. The molecule has 0 spiro atoms. The molecule has 0 radical (unpaired) electrons. The normalized spacial score (nSPS) is 11.2. The summed E-state index contributed by atoms with van der Waals surface area (Å²) < 4.78 is 11.0. The van der Waals surface area contributed by atoms with Gasteiger partial charge in [-0.2, -0.15) is 0 Å². The summed E-state index contributed by atoms with van der Waals surface area (Å²) in [6.45, 7) is 8.16. The Balaban J connectivity index is 2.35. The Morgan fingerprint density at radius 1 is 1.21 bits per heavy atom. The van der Waals surface area contributed by atoms with Crippen LogP contribution in [0.25, 0.3) is 6.08 Å². The van der Waals surface area contributed by atoms with Crippen molar-refractivity contribution < 1.29 is 9.47 Å². The lowest BCUT2D eigenvalue weighted by molar-refractivity contribution is 0.272. The van der Waals surface area contributed by atoms with Crippen LogP contribution in [-0.4, -0.2) is 16.6 Å². The Kier molecular flexibility index (Phi) is 5.63. The molecule has 1 aromatic carbocycles. The van der Waals surface area contributed by atoms with Crippen molar-refractivity contribution in [1.82, 2.24) is 9.97 Å². The second-order valence-corrected chi connectivity index (χ2v) is 5.69. The SMILES string of the molecule is CCO/C=C/c1ccc(Oc2[nH]c(=O)[nH]c(=O)c2C(C)C)c(C)c1. The molecule has 6 heteroatoms. The second-order valence-electron chi connectivity index (χ2n) is 5.69. The quantitative estimate of drug-likeness (QED) is 0.796. The summed E-state index contributed by atoms with van der Waals surface area (Å²) in [6.07, 6.45) is 3.50. The lowest BCUT2D eigenvalue weighted by atomic mass is 10.1. The average Bonchev–Trinajstić information content (AvgIpc) is 2.49. The number of benzene rings is 1. The number of nitrogens with one attached hydrogen (secondary N) is 2. The second kappa shape index (κ2) is 7.68. The first-order valence-electron chi connectivity index (χ1n) is 7.85. The molecule has 2 rings (SSSR count). The van der Waals surface area contributed by atoms with E-state index in [1.54, 1.807) is 12.3 Å². The number of rotatable bonds is 6. The summed E-state index contributed by atoms with van der Waals surface area (Å²) in [6, 6.07) is 5.61. The first kappa shape index (κ1) is 17.6. The lowest BCUT2D eigenvalue weighted by Crippen LogP contribution is -2.26. The summed E-state index contributed by atoms with van der Waals surface area (Å²) in [7, 11) is 0. The van der Waals surface area contributed by atoms with E-state index in [-0.39, 0.29) is 11.8 Å². The van der Waals surface area contributed by atoms with Gasteiger partial charge in [0.15, 0.2) is 0 Å². The molecule has 0 aliphatic rings. The van der Waals surface area contributed by atoms with Gasteiger partial charge in [0.1, 0.15) is 5.75 Å². The van der Waals surface area contributed by atoms with Crippen molar-refractivity contribution in [2.24, 2.45) is 0 Å². The third kappa shape index (κ3) is 4.16. The molecule has 0 atom stereocenters. The van der Waals surface area contributed by atoms with Crippen LogP contribution in [0.15, 0.2) is 34.1 Å². The zero-order valence-electron chi connectivity index (χ0n) is 14.3. The van der Waals surface area contributed by atoms with Gasteiger partial charge in [0.25, 0.3) is 5.56 Å². The molecule has 6 nitrogen and oxygen atoms in total. The fraction of sp³-hybridized carbons (Fsp3) is 0.333. The van der Waals surface area contributed by atoms with Gasteiger partial charge in [0.05, 0.1) is 18.4 Å². The maximum atomic E-state index is 12.0. The van der Waals surface area contributed by atoms with E-state index >= 15 is 0 Å². The number of aromatic nitrogens is 2. The van der Waals surface area contributed by atoms with Gasteiger partial charge in [0.2, 0.25) is 5.88 Å². The molecule has 2 N–H and O–H groups in total. The molecule has 0 amide bonds. The summed E-state index contributed by atoms with van der Waals surface area (Å²) in [5.74, 6) is 0.667. The first-order chi connectivity index (χ1) is 11.4. The van der Waals surface area contributed by atoms with E-state index in [0.717, 1.165) is 11.1 Å². The monoisotopic (exact) mass is 330 g/mol. The molecule has 0 saturated carbocycles. The lowest BCUT2D eigenvalue weighted by Gasteiger charge is -2.13. The van der Waals surface area contributed by atoms with Crippen molar-refractivity contribution in [3.8, 4) is 11.6 Å². The number of aromatic amines is 2. The highest BCUT2D eigenvalue weighted by Gasteiger charge is 2.16. The van der Waals surface area contributed by atoms with Crippen molar-refractivity contribution >= 4 is 6.08 Å². The van der Waals surface area contributed by atoms with Crippen LogP contribution in [0.1, 0.15) is 43.4 Å². The van der Waals surface area contributed by atoms with Crippen LogP contribution in [0.2, 0.25) is 0 Å². The Morgan fingerprint density at radius 3 is 2.58 bits per heavy atom. The van der Waals surface area contributed by atoms with Gasteiger partial charge in [-0.05, 0) is 49.1 Å². The molecule has 128 valence electrons. The number of H-pyrrole nitrogens is 2. The predicted molar refractivity (Wildman–Crippen MR) is 93.7 cm³/mol. The van der Waals surface area contributed by atoms with E-state index < -0.39 is 11.2 Å². The van der Waals surface area contributed by atoms with Crippen molar-refractivity contribution in [3.63, 3.8) is 0 Å². The number of aryl methyl sites for hydroxylation is 1. The highest BCUT2D eigenvalue weighted by Crippen LogP contribution is 2.28. The predicted octanol–water partition coefficient (Wildman–Crippen LogP) is 3.29. The van der Waals surface area contributed by atoms with Crippen LogP contribution >= 0.6 is 0 Å². The molecule has 1 heterocycles. The van der Waals surface area contributed by atoms with Gasteiger partial charge in [-0.3, -0.25) is 14.8 Å². The first-order valence-corrected chi connectivity index (χ1v) is 7.85. The van der Waals surface area contributed by atoms with Gasteiger partial charge in [0, 0.05) is 0 Å². The van der Waals surface area contributed by atoms with E-state index in [1.807, 2.05) is 45.9 Å². The average molecular weight is 330 g/mol. The molecule has 0 aliphatic carbocycles. The molecule has 0 saturated heterocycles. The van der Waals surface area contributed by atoms with Crippen LogP contribution in [0, 0.1) is 6.92 Å². The number of ether oxygens (including phenoxy) is 2. The fourth-order valence-corrected chi connectivity index (χ4v) is 2.30. The zero-order chi connectivity index (χ0) is 17.7. The fourth-order valence-electron chi connectivity index (χ4n) is 2.30. The third-order valence-electron chi connectivity index (χ3n) is 3.46. The minimum absolute atomic E-state index is 0.0886. The Morgan fingerprint density at radius 2 is 1.96 bits per heavy atom. The van der Waals surface area contributed by atoms with Crippen LogP contribution in [0.4, 0.5) is 0 Å². The zero-order valence-corrected chi connectivity index (χ0v) is 14.3. The van der Waals surface area contributed by atoms with E-state index in [2.05, 4.69) is 9.97 Å². The van der Waals surface area contributed by atoms with Crippen LogP contribution in [0.5, 0.6) is 11.6 Å². The summed E-state index contributed by atoms with van der Waals surface area (Å²) in [5.41, 5.74) is 1.24. The van der Waals surface area contributed by atoms with Gasteiger partial charge >= 0.3 is 5.69 Å². The smallest absolute Gasteiger partial charge is 0.328 e. The van der Waals surface area contributed by atoms with Crippen LogP contribution in [-0.2, 0) is 4.74 Å². The van der Waals surface area contributed by atoms with Gasteiger partial charge in [-0.1, -0.05) is 19.9 Å². The van der Waals surface area contributed by atoms with Gasteiger partial charge in [-0.25, -0.2) is 4.79 Å². The summed E-state index contributed by atoms with van der Waals surface area (Å²) in [5, 5.41) is 0. The van der Waals surface area contributed by atoms with Crippen molar-refractivity contribution in [2.45, 2.75) is 33.6 Å². The Bertz CT molecular complexity index is 847. The maximum absolute atomic E-state index is 12.0. The van der Waals surface area contributed by atoms with E-state index in [1.165, 1.54) is 0 Å². The van der Waals surface area contributed by atoms with Crippen molar-refractivity contribution in [2.75, 3.05) is 6.61 Å². The van der Waals surface area contributed by atoms with Crippen LogP contribution < -0.4 is 16.0 Å². The molecule has 2 aromatic rings. The van der Waals surface area contributed by atoms with E-state index in [0.29, 0.717) is 17.9 Å². The molecular formula is C18H22N2O4. The number of hydrogen-bond acceptors (Lipinski definition) is 4. The highest BCUT2D eigenvalue weighted by atomic mass is 16.5. The molecule has 0 unspecified atom stereocenters. The van der Waals surface area contributed by atoms with Crippen LogP contribution in [0.3, 0.4) is 0 Å². The minimum atomic E-state index is -0.590. The van der Waals surface area contributed by atoms with Gasteiger partial charge < -0.3 is 9.47 Å². The topological polar surface area (TPSA) is 84.2 Å². The molecule has 1 aromatic heterocycles. The third-order valence-corrected chi connectivity index (χ3v) is 3.46. The van der Waals surface area contributed by atoms with Crippen molar-refractivity contribution in [1.29, 1.82) is 0 Å².